The number of hydrogen-bond donors (Lipinski definition) is 4. The van der Waals surface area contributed by atoms with E-state index in [0.29, 0.717) is 42.8 Å². The van der Waals surface area contributed by atoms with Crippen LogP contribution in [0.5, 0.6) is 0 Å². The molecule has 1 saturated heterocycles. The number of nitrogens with one attached hydrogen (secondary N) is 4. The summed E-state index contributed by atoms with van der Waals surface area (Å²) in [6.45, 7) is 9.00. The van der Waals surface area contributed by atoms with Gasteiger partial charge in [-0.2, -0.15) is 0 Å². The predicted molar refractivity (Wildman–Crippen MR) is 197 cm³/mol. The molecule has 4 aromatic rings. The Labute approximate surface area is 297 Å². The van der Waals surface area contributed by atoms with Crippen molar-refractivity contribution in [2.45, 2.75) is 64.9 Å². The van der Waals surface area contributed by atoms with Gasteiger partial charge in [0.25, 0.3) is 5.56 Å². The van der Waals surface area contributed by atoms with Crippen LogP contribution in [-0.2, 0) is 25.5 Å². The number of nitrogens with zero attached hydrogens (tertiary/aromatic N) is 2. The zero-order chi connectivity index (χ0) is 36.0. The summed E-state index contributed by atoms with van der Waals surface area (Å²) in [7, 11) is 0. The van der Waals surface area contributed by atoms with Crippen LogP contribution in [0.15, 0.2) is 65.6 Å². The molecule has 2 fully saturated rings. The molecule has 4 N–H and O–H groups in total. The molecular weight excluding hydrogens is 648 g/mol. The van der Waals surface area contributed by atoms with Crippen molar-refractivity contribution in [1.29, 1.82) is 0 Å². The molecular formula is C39H48N6O6. The number of aromatic nitrogens is 3. The molecule has 0 unspecified atom stereocenters. The van der Waals surface area contributed by atoms with Gasteiger partial charge in [0.05, 0.1) is 24.1 Å². The fourth-order valence-electron chi connectivity index (χ4n) is 6.94. The summed E-state index contributed by atoms with van der Waals surface area (Å²) in [6.07, 6.45) is 5.00. The maximum absolute atomic E-state index is 13.8. The molecule has 12 heteroatoms. The molecule has 2 aliphatic rings. The Morgan fingerprint density at radius 3 is 2.43 bits per heavy atom. The summed E-state index contributed by atoms with van der Waals surface area (Å²) < 4.78 is 10.8. The molecule has 1 aliphatic heterocycles. The van der Waals surface area contributed by atoms with Crippen LogP contribution in [0.3, 0.4) is 0 Å². The first-order valence-corrected chi connectivity index (χ1v) is 17.9. The molecule has 2 amide bonds. The first-order chi connectivity index (χ1) is 24.5. The van der Waals surface area contributed by atoms with Gasteiger partial charge in [-0.05, 0) is 106 Å². The van der Waals surface area contributed by atoms with Gasteiger partial charge in [0.2, 0.25) is 5.91 Å². The van der Waals surface area contributed by atoms with Gasteiger partial charge in [-0.3, -0.25) is 24.6 Å². The van der Waals surface area contributed by atoms with Crippen LogP contribution in [0.2, 0.25) is 0 Å². The molecule has 1 atom stereocenters. The van der Waals surface area contributed by atoms with Crippen molar-refractivity contribution >= 4 is 40.2 Å². The van der Waals surface area contributed by atoms with E-state index < -0.39 is 17.6 Å². The maximum atomic E-state index is 13.8. The lowest BCUT2D eigenvalue weighted by Crippen LogP contribution is -2.37. The van der Waals surface area contributed by atoms with Crippen LogP contribution in [-0.4, -0.2) is 71.4 Å². The molecule has 2 aromatic carbocycles. The molecule has 0 radical (unpaired) electrons. The van der Waals surface area contributed by atoms with E-state index in [2.05, 4.69) is 36.8 Å². The number of fused-ring (bicyclic) bond motifs is 1. The number of amides is 2. The van der Waals surface area contributed by atoms with Crippen molar-refractivity contribution in [3.8, 4) is 11.1 Å². The molecule has 2 aromatic heterocycles. The number of anilines is 2. The number of ether oxygens (including phenoxy) is 2. The average Bonchev–Trinajstić information content (AvgIpc) is 3.50. The number of morpholine rings is 1. The lowest BCUT2D eigenvalue weighted by Gasteiger charge is -2.29. The number of pyridine rings is 1. The van der Waals surface area contributed by atoms with Crippen LogP contribution in [0.25, 0.3) is 22.0 Å². The van der Waals surface area contributed by atoms with Crippen LogP contribution in [0, 0.1) is 17.8 Å². The number of carbonyl (C=O) groups excluding carboxylic acids is 3. The molecule has 3 heterocycles. The Balaban J connectivity index is 1.12. The minimum absolute atomic E-state index is 0.0863. The van der Waals surface area contributed by atoms with E-state index in [4.69, 9.17) is 9.47 Å². The fraction of sp³-hybridized carbons (Fsp3) is 0.462. The topological polar surface area (TPSA) is 159 Å². The highest BCUT2D eigenvalue weighted by Gasteiger charge is 2.31. The van der Waals surface area contributed by atoms with Gasteiger partial charge in [-0.15, -0.1) is 0 Å². The van der Waals surface area contributed by atoms with Gasteiger partial charge < -0.3 is 25.0 Å². The standard InChI is InChI=1S/C39H48N6O6/c1-39(2,3)51-38(49)41-24-26-6-10-28(11-7-26)34(46)21-30(36(47)42-31-12-13-32-33(23-31)43-44-37(32)48)20-25-4-8-27(9-5-25)29-14-15-40-35(22-29)45-16-18-50-19-17-45/h4-5,8-9,12-15,22-23,26,28,30H,6-7,10-11,16-21,24H2,1-3H3,(H,41,49)(H,42,47)(H2,43,44,48)/t26?,28?,30-/m1/s1. The Morgan fingerprint density at radius 2 is 1.71 bits per heavy atom. The molecule has 0 bridgehead atoms. The number of H-pyrrole nitrogens is 2. The van der Waals surface area contributed by atoms with Gasteiger partial charge in [-0.1, -0.05) is 24.3 Å². The molecule has 1 saturated carbocycles. The highest BCUT2D eigenvalue weighted by Crippen LogP contribution is 2.32. The minimum Gasteiger partial charge on any atom is -0.444 e. The molecule has 51 heavy (non-hydrogen) atoms. The van der Waals surface area contributed by atoms with Crippen molar-refractivity contribution in [3.05, 3.63) is 76.7 Å². The highest BCUT2D eigenvalue weighted by molar-refractivity contribution is 5.97. The fourth-order valence-corrected chi connectivity index (χ4v) is 6.94. The van der Waals surface area contributed by atoms with Crippen LogP contribution in [0.1, 0.15) is 58.4 Å². The van der Waals surface area contributed by atoms with Gasteiger partial charge in [0, 0.05) is 49.8 Å². The normalized spacial score (nSPS) is 18.6. The summed E-state index contributed by atoms with van der Waals surface area (Å²) in [5.41, 5.74) is 3.40. The quantitative estimate of drug-likeness (QED) is 0.152. The number of hydrogen-bond acceptors (Lipinski definition) is 8. The van der Waals surface area contributed by atoms with E-state index in [0.717, 1.165) is 61.3 Å². The number of aromatic amines is 2. The van der Waals surface area contributed by atoms with Gasteiger partial charge in [0.15, 0.2) is 0 Å². The van der Waals surface area contributed by atoms with Crippen molar-refractivity contribution < 1.29 is 23.9 Å². The van der Waals surface area contributed by atoms with Gasteiger partial charge in [-0.25, -0.2) is 9.78 Å². The minimum atomic E-state index is -0.593. The summed E-state index contributed by atoms with van der Waals surface area (Å²) in [4.78, 5) is 58.5. The largest absolute Gasteiger partial charge is 0.444 e. The van der Waals surface area contributed by atoms with Crippen molar-refractivity contribution in [3.63, 3.8) is 0 Å². The SMILES string of the molecule is CC(C)(C)OC(=O)NCC1CCC(C(=O)C[C@@H](Cc2ccc(-c3ccnc(N4CCOCC4)c3)cc2)C(=O)Nc2ccc3c(=O)[nH][nH]c3c2)CC1. The summed E-state index contributed by atoms with van der Waals surface area (Å²) in [5.74, 6) is 0.316. The number of rotatable bonds is 11. The summed E-state index contributed by atoms with van der Waals surface area (Å²) in [5, 5.41) is 11.8. The molecule has 0 spiro atoms. The Bertz CT molecular complexity index is 1880. The van der Waals surface area contributed by atoms with Gasteiger partial charge >= 0.3 is 6.09 Å². The Hall–Kier alpha value is -4.97. The number of carbonyl (C=O) groups is 3. The van der Waals surface area contributed by atoms with E-state index in [1.54, 1.807) is 18.2 Å². The molecule has 1 aliphatic carbocycles. The third-order valence-electron chi connectivity index (χ3n) is 9.75. The number of Topliss-reactive ketones (excluding diaryl/α,β-unsaturated/α-hetero) is 1. The monoisotopic (exact) mass is 696 g/mol. The highest BCUT2D eigenvalue weighted by atomic mass is 16.6. The molecule has 12 nitrogen and oxygen atoms in total. The second-order valence-electron chi connectivity index (χ2n) is 14.7. The lowest BCUT2D eigenvalue weighted by molar-refractivity contribution is -0.129. The number of ketones is 1. The first kappa shape index (κ1) is 35.8. The molecule has 270 valence electrons. The maximum Gasteiger partial charge on any atom is 0.407 e. The average molecular weight is 697 g/mol. The Kier molecular flexibility index (Phi) is 11.2. The third kappa shape index (κ3) is 9.63. The van der Waals surface area contributed by atoms with Crippen molar-refractivity contribution in [1.82, 2.24) is 20.5 Å². The van der Waals surface area contributed by atoms with E-state index in [1.165, 1.54) is 0 Å². The van der Waals surface area contributed by atoms with Crippen molar-refractivity contribution in [2.24, 2.45) is 17.8 Å². The summed E-state index contributed by atoms with van der Waals surface area (Å²) in [6, 6.07) is 17.3. The van der Waals surface area contributed by atoms with E-state index in [-0.39, 0.29) is 35.5 Å². The number of benzene rings is 2. The van der Waals surface area contributed by atoms with Crippen molar-refractivity contribution in [2.75, 3.05) is 43.1 Å². The first-order valence-electron chi connectivity index (χ1n) is 17.9. The second kappa shape index (κ2) is 15.9. The third-order valence-corrected chi connectivity index (χ3v) is 9.75. The second-order valence-corrected chi connectivity index (χ2v) is 14.7. The van der Waals surface area contributed by atoms with E-state index in [1.807, 2.05) is 57.3 Å². The van der Waals surface area contributed by atoms with Crippen LogP contribution < -0.4 is 21.1 Å². The molecule has 6 rings (SSSR count). The van der Waals surface area contributed by atoms with Crippen LogP contribution >= 0.6 is 0 Å². The lowest BCUT2D eigenvalue weighted by atomic mass is 9.77. The number of alkyl carbamates (subject to hydrolysis) is 1. The zero-order valence-corrected chi connectivity index (χ0v) is 29.6. The van der Waals surface area contributed by atoms with Gasteiger partial charge in [0.1, 0.15) is 17.2 Å². The van der Waals surface area contributed by atoms with E-state index >= 15 is 0 Å². The summed E-state index contributed by atoms with van der Waals surface area (Å²) >= 11 is 0. The predicted octanol–water partition coefficient (Wildman–Crippen LogP) is 5.84. The van der Waals surface area contributed by atoms with E-state index in [9.17, 15) is 19.2 Å². The van der Waals surface area contributed by atoms with Crippen LogP contribution in [0.4, 0.5) is 16.3 Å². The Morgan fingerprint density at radius 1 is 0.961 bits per heavy atom. The smallest absolute Gasteiger partial charge is 0.407 e. The zero-order valence-electron chi connectivity index (χ0n) is 29.6.